The minimum absolute atomic E-state index is 0.120. The van der Waals surface area contributed by atoms with Crippen molar-refractivity contribution in [2.75, 3.05) is 31.6 Å². The number of aryl methyl sites for hydroxylation is 1. The van der Waals surface area contributed by atoms with Gasteiger partial charge < -0.3 is 10.1 Å². The average Bonchev–Trinajstić information content (AvgIpc) is 2.70. The van der Waals surface area contributed by atoms with Gasteiger partial charge in [-0.3, -0.25) is 4.79 Å². The third-order valence-electron chi connectivity index (χ3n) is 4.38. The first kappa shape index (κ1) is 20.4. The minimum Gasteiger partial charge on any atom is -0.379 e. The van der Waals surface area contributed by atoms with Crippen molar-refractivity contribution in [1.29, 1.82) is 0 Å². The van der Waals surface area contributed by atoms with Crippen LogP contribution in [0.1, 0.15) is 12.0 Å². The first-order valence-corrected chi connectivity index (χ1v) is 10.2. The van der Waals surface area contributed by atoms with E-state index in [2.05, 4.69) is 5.32 Å². The van der Waals surface area contributed by atoms with Gasteiger partial charge in [0.05, 0.1) is 18.1 Å². The number of hydrogen-bond acceptors (Lipinski definition) is 4. The van der Waals surface area contributed by atoms with Crippen molar-refractivity contribution in [2.24, 2.45) is 0 Å². The molecule has 0 spiro atoms. The number of halogens is 2. The minimum atomic E-state index is -3.55. The SMILES string of the molecule is O=C(CCc1ccc(S(=O)(=O)N2CCOCC2)cc1)Nc1ccc(F)c(F)c1. The van der Waals surface area contributed by atoms with Crippen molar-refractivity contribution in [3.05, 3.63) is 59.7 Å². The Morgan fingerprint density at radius 2 is 1.71 bits per heavy atom. The third kappa shape index (κ3) is 4.92. The molecule has 0 saturated carbocycles. The van der Waals surface area contributed by atoms with Crippen molar-refractivity contribution in [3.63, 3.8) is 0 Å². The lowest BCUT2D eigenvalue weighted by atomic mass is 10.1. The maximum absolute atomic E-state index is 13.2. The van der Waals surface area contributed by atoms with Crippen LogP contribution in [-0.4, -0.2) is 44.9 Å². The summed E-state index contributed by atoms with van der Waals surface area (Å²) in [6.45, 7) is 1.41. The van der Waals surface area contributed by atoms with E-state index >= 15 is 0 Å². The molecule has 6 nitrogen and oxygen atoms in total. The van der Waals surface area contributed by atoms with Gasteiger partial charge in [-0.15, -0.1) is 0 Å². The first-order valence-electron chi connectivity index (χ1n) is 8.78. The second kappa shape index (κ2) is 8.76. The lowest BCUT2D eigenvalue weighted by molar-refractivity contribution is -0.116. The van der Waals surface area contributed by atoms with Crippen LogP contribution in [-0.2, 0) is 26.0 Å². The Balaban J connectivity index is 1.56. The van der Waals surface area contributed by atoms with Gasteiger partial charge in [0.2, 0.25) is 15.9 Å². The molecule has 2 aromatic carbocycles. The fourth-order valence-electron chi connectivity index (χ4n) is 2.82. The normalized spacial score (nSPS) is 15.4. The fraction of sp³-hybridized carbons (Fsp3) is 0.316. The summed E-state index contributed by atoms with van der Waals surface area (Å²) in [5.74, 6) is -2.36. The Morgan fingerprint density at radius 1 is 1.04 bits per heavy atom. The summed E-state index contributed by atoms with van der Waals surface area (Å²) in [7, 11) is -3.55. The van der Waals surface area contributed by atoms with Crippen LogP contribution in [0.4, 0.5) is 14.5 Å². The molecule has 3 rings (SSSR count). The molecule has 1 amide bonds. The molecule has 0 aliphatic carbocycles. The van der Waals surface area contributed by atoms with Gasteiger partial charge in [-0.25, -0.2) is 17.2 Å². The topological polar surface area (TPSA) is 75.7 Å². The Labute approximate surface area is 162 Å². The molecule has 150 valence electrons. The molecule has 1 aliphatic rings. The molecule has 0 radical (unpaired) electrons. The van der Waals surface area contributed by atoms with Crippen LogP contribution in [0.25, 0.3) is 0 Å². The summed E-state index contributed by atoms with van der Waals surface area (Å²) < 4.78 is 57.8. The summed E-state index contributed by atoms with van der Waals surface area (Å²) >= 11 is 0. The van der Waals surface area contributed by atoms with E-state index in [0.29, 0.717) is 32.7 Å². The molecule has 0 aromatic heterocycles. The second-order valence-corrected chi connectivity index (χ2v) is 8.28. The number of anilines is 1. The summed E-state index contributed by atoms with van der Waals surface area (Å²) in [6.07, 6.45) is 0.502. The van der Waals surface area contributed by atoms with E-state index in [1.165, 1.54) is 22.5 Å². The highest BCUT2D eigenvalue weighted by molar-refractivity contribution is 7.89. The molecule has 0 bridgehead atoms. The molecule has 1 fully saturated rings. The van der Waals surface area contributed by atoms with Crippen LogP contribution in [0.15, 0.2) is 47.4 Å². The van der Waals surface area contributed by atoms with E-state index in [1.807, 2.05) is 0 Å². The lowest BCUT2D eigenvalue weighted by Crippen LogP contribution is -2.40. The number of sulfonamides is 1. The molecule has 0 unspecified atom stereocenters. The number of morpholine rings is 1. The molecule has 1 N–H and O–H groups in total. The molecule has 9 heteroatoms. The van der Waals surface area contributed by atoms with Gasteiger partial charge in [-0.05, 0) is 36.2 Å². The van der Waals surface area contributed by atoms with E-state index in [1.54, 1.807) is 12.1 Å². The van der Waals surface area contributed by atoms with Crippen molar-refractivity contribution < 1.29 is 26.7 Å². The van der Waals surface area contributed by atoms with Crippen molar-refractivity contribution >= 4 is 21.6 Å². The second-order valence-electron chi connectivity index (χ2n) is 6.34. The monoisotopic (exact) mass is 410 g/mol. The Morgan fingerprint density at radius 3 is 2.36 bits per heavy atom. The summed E-state index contributed by atoms with van der Waals surface area (Å²) in [4.78, 5) is 12.2. The smallest absolute Gasteiger partial charge is 0.243 e. The first-order chi connectivity index (χ1) is 13.4. The zero-order valence-electron chi connectivity index (χ0n) is 15.0. The van der Waals surface area contributed by atoms with Crippen molar-refractivity contribution in [1.82, 2.24) is 4.31 Å². The predicted molar refractivity (Wildman–Crippen MR) is 99.3 cm³/mol. The van der Waals surface area contributed by atoms with Gasteiger partial charge in [0.15, 0.2) is 11.6 Å². The Bertz CT molecular complexity index is 943. The average molecular weight is 410 g/mol. The van der Waals surface area contributed by atoms with Gasteiger partial charge in [0.1, 0.15) is 0 Å². The Hall–Kier alpha value is -2.36. The number of amides is 1. The number of hydrogen-bond donors (Lipinski definition) is 1. The van der Waals surface area contributed by atoms with Gasteiger partial charge in [0.25, 0.3) is 0 Å². The maximum atomic E-state index is 13.2. The maximum Gasteiger partial charge on any atom is 0.243 e. The number of nitrogens with one attached hydrogen (secondary N) is 1. The number of rotatable bonds is 6. The van der Waals surface area contributed by atoms with Crippen molar-refractivity contribution in [2.45, 2.75) is 17.7 Å². The highest BCUT2D eigenvalue weighted by atomic mass is 32.2. The molecule has 2 aromatic rings. The van der Waals surface area contributed by atoms with Gasteiger partial charge in [-0.1, -0.05) is 12.1 Å². The molecule has 28 heavy (non-hydrogen) atoms. The van der Waals surface area contributed by atoms with Crippen LogP contribution in [0, 0.1) is 11.6 Å². The van der Waals surface area contributed by atoms with Gasteiger partial charge in [-0.2, -0.15) is 4.31 Å². The number of carbonyl (C=O) groups is 1. The predicted octanol–water partition coefficient (Wildman–Crippen LogP) is 2.56. The summed E-state index contributed by atoms with van der Waals surface area (Å²) in [6, 6.07) is 9.51. The van der Waals surface area contributed by atoms with E-state index < -0.39 is 21.7 Å². The highest BCUT2D eigenvalue weighted by Crippen LogP contribution is 2.19. The quantitative estimate of drug-likeness (QED) is 0.794. The largest absolute Gasteiger partial charge is 0.379 e. The number of benzene rings is 2. The fourth-order valence-corrected chi connectivity index (χ4v) is 4.23. The van der Waals surface area contributed by atoms with E-state index in [0.717, 1.165) is 17.7 Å². The molecule has 1 aliphatic heterocycles. The summed E-state index contributed by atoms with van der Waals surface area (Å²) in [5.41, 5.74) is 0.970. The Kier molecular flexibility index (Phi) is 6.38. The third-order valence-corrected chi connectivity index (χ3v) is 6.29. The zero-order chi connectivity index (χ0) is 20.1. The van der Waals surface area contributed by atoms with E-state index in [-0.39, 0.29) is 22.9 Å². The van der Waals surface area contributed by atoms with Gasteiger partial charge in [0, 0.05) is 31.3 Å². The molecule has 1 saturated heterocycles. The summed E-state index contributed by atoms with van der Waals surface area (Å²) in [5, 5.41) is 2.50. The molecular weight excluding hydrogens is 390 g/mol. The van der Waals surface area contributed by atoms with Crippen LogP contribution < -0.4 is 5.32 Å². The number of carbonyl (C=O) groups excluding carboxylic acids is 1. The van der Waals surface area contributed by atoms with Gasteiger partial charge >= 0.3 is 0 Å². The lowest BCUT2D eigenvalue weighted by Gasteiger charge is -2.26. The highest BCUT2D eigenvalue weighted by Gasteiger charge is 2.26. The number of nitrogens with zero attached hydrogens (tertiary/aromatic N) is 1. The van der Waals surface area contributed by atoms with Crippen LogP contribution in [0.3, 0.4) is 0 Å². The number of ether oxygens (including phenoxy) is 1. The standard InChI is InChI=1S/C19H20F2N2O4S/c20-17-7-4-15(13-18(17)21)22-19(24)8-3-14-1-5-16(6-2-14)28(25,26)23-9-11-27-12-10-23/h1-2,4-7,13H,3,8-12H2,(H,22,24). The van der Waals surface area contributed by atoms with Crippen LogP contribution in [0.5, 0.6) is 0 Å². The van der Waals surface area contributed by atoms with Crippen LogP contribution >= 0.6 is 0 Å². The molecule has 1 heterocycles. The van der Waals surface area contributed by atoms with Crippen LogP contribution in [0.2, 0.25) is 0 Å². The molecule has 0 atom stereocenters. The van der Waals surface area contributed by atoms with E-state index in [9.17, 15) is 22.0 Å². The molecular formula is C19H20F2N2O4S. The van der Waals surface area contributed by atoms with E-state index in [4.69, 9.17) is 4.74 Å². The van der Waals surface area contributed by atoms with Crippen molar-refractivity contribution in [3.8, 4) is 0 Å². The zero-order valence-corrected chi connectivity index (χ0v) is 15.8.